The summed E-state index contributed by atoms with van der Waals surface area (Å²) in [6.07, 6.45) is 5.83. The minimum Gasteiger partial charge on any atom is -0.343 e. The summed E-state index contributed by atoms with van der Waals surface area (Å²) in [5.74, 6) is 0.270. The minimum atomic E-state index is 0.0284. The number of nitrogens with one attached hydrogen (secondary N) is 1. The first-order valence-electron chi connectivity index (χ1n) is 9.52. The van der Waals surface area contributed by atoms with Crippen LogP contribution in [0, 0.1) is 6.92 Å². The van der Waals surface area contributed by atoms with Crippen LogP contribution >= 0.6 is 0 Å². The zero-order chi connectivity index (χ0) is 17.6. The second-order valence-corrected chi connectivity index (χ2v) is 7.20. The Bertz CT molecular complexity index is 617. The molecular formula is C20H29N3O2. The summed E-state index contributed by atoms with van der Waals surface area (Å²) in [5, 5.41) is 3.08. The molecule has 1 atom stereocenters. The van der Waals surface area contributed by atoms with Crippen molar-refractivity contribution in [1.82, 2.24) is 15.1 Å². The number of rotatable bonds is 5. The predicted octanol–water partition coefficient (Wildman–Crippen LogP) is 3.07. The van der Waals surface area contributed by atoms with E-state index in [0.29, 0.717) is 13.0 Å². The van der Waals surface area contributed by atoms with E-state index in [1.54, 1.807) is 0 Å². The zero-order valence-corrected chi connectivity index (χ0v) is 15.2. The number of hydrogen-bond donors (Lipinski definition) is 1. The van der Waals surface area contributed by atoms with Gasteiger partial charge in [0.25, 0.3) is 0 Å². The van der Waals surface area contributed by atoms with Crippen molar-refractivity contribution in [2.45, 2.75) is 58.0 Å². The molecule has 0 saturated carbocycles. The monoisotopic (exact) mass is 343 g/mol. The Hall–Kier alpha value is -2.04. The molecule has 5 heteroatoms. The first-order chi connectivity index (χ1) is 12.1. The Kier molecular flexibility index (Phi) is 5.95. The molecule has 0 aromatic heterocycles. The summed E-state index contributed by atoms with van der Waals surface area (Å²) in [5.41, 5.74) is 2.36. The quantitative estimate of drug-likeness (QED) is 0.893. The van der Waals surface area contributed by atoms with Crippen molar-refractivity contribution in [2.24, 2.45) is 0 Å². The molecule has 2 aliphatic heterocycles. The molecule has 1 aromatic carbocycles. The van der Waals surface area contributed by atoms with Crippen molar-refractivity contribution in [3.63, 3.8) is 0 Å². The number of carbonyl (C=O) groups is 2. The molecule has 3 rings (SSSR count). The molecular weight excluding hydrogens is 314 g/mol. The average molecular weight is 343 g/mol. The molecule has 2 heterocycles. The summed E-state index contributed by atoms with van der Waals surface area (Å²) in [6, 6.07) is 8.42. The zero-order valence-electron chi connectivity index (χ0n) is 15.2. The topological polar surface area (TPSA) is 52.7 Å². The average Bonchev–Trinajstić information content (AvgIpc) is 3.04. The lowest BCUT2D eigenvalue weighted by Gasteiger charge is -2.36. The second kappa shape index (κ2) is 8.37. The van der Waals surface area contributed by atoms with Gasteiger partial charge in [0.05, 0.1) is 0 Å². The first kappa shape index (κ1) is 17.8. The SMILES string of the molecule is Cc1ccccc1CNC(=O)N1CCCC[C@H]1CCN1CCCC1=O. The molecule has 0 bridgehead atoms. The van der Waals surface area contributed by atoms with Gasteiger partial charge in [-0.15, -0.1) is 0 Å². The number of hydrogen-bond acceptors (Lipinski definition) is 2. The lowest BCUT2D eigenvalue weighted by Crippen LogP contribution is -2.49. The van der Waals surface area contributed by atoms with E-state index in [-0.39, 0.29) is 18.0 Å². The van der Waals surface area contributed by atoms with Crippen LogP contribution in [0.2, 0.25) is 0 Å². The summed E-state index contributed by atoms with van der Waals surface area (Å²) < 4.78 is 0. The number of urea groups is 1. The van der Waals surface area contributed by atoms with Crippen LogP contribution < -0.4 is 5.32 Å². The van der Waals surface area contributed by atoms with Crippen molar-refractivity contribution < 1.29 is 9.59 Å². The fourth-order valence-corrected chi connectivity index (χ4v) is 3.89. The van der Waals surface area contributed by atoms with Gasteiger partial charge in [-0.2, -0.15) is 0 Å². The molecule has 136 valence electrons. The van der Waals surface area contributed by atoms with Gasteiger partial charge in [0.2, 0.25) is 5.91 Å². The van der Waals surface area contributed by atoms with Crippen molar-refractivity contribution in [3.05, 3.63) is 35.4 Å². The molecule has 1 aromatic rings. The molecule has 1 N–H and O–H groups in total. The summed E-state index contributed by atoms with van der Waals surface area (Å²) in [6.45, 7) is 5.12. The third-order valence-electron chi connectivity index (χ3n) is 5.48. The molecule has 2 aliphatic rings. The molecule has 0 spiro atoms. The van der Waals surface area contributed by atoms with Gasteiger partial charge in [-0.3, -0.25) is 4.79 Å². The fourth-order valence-electron chi connectivity index (χ4n) is 3.89. The second-order valence-electron chi connectivity index (χ2n) is 7.20. The summed E-state index contributed by atoms with van der Waals surface area (Å²) in [7, 11) is 0. The van der Waals surface area contributed by atoms with Crippen LogP contribution in [0.4, 0.5) is 4.79 Å². The number of carbonyl (C=O) groups excluding carboxylic acids is 2. The maximum atomic E-state index is 12.7. The highest BCUT2D eigenvalue weighted by atomic mass is 16.2. The highest BCUT2D eigenvalue weighted by molar-refractivity contribution is 5.78. The van der Waals surface area contributed by atoms with Crippen LogP contribution in [-0.2, 0) is 11.3 Å². The largest absolute Gasteiger partial charge is 0.343 e. The van der Waals surface area contributed by atoms with Crippen molar-refractivity contribution in [1.29, 1.82) is 0 Å². The summed E-state index contributed by atoms with van der Waals surface area (Å²) >= 11 is 0. The smallest absolute Gasteiger partial charge is 0.317 e. The van der Waals surface area contributed by atoms with Gasteiger partial charge in [-0.25, -0.2) is 4.79 Å². The van der Waals surface area contributed by atoms with Gasteiger partial charge in [0, 0.05) is 38.6 Å². The summed E-state index contributed by atoms with van der Waals surface area (Å²) in [4.78, 5) is 28.4. The third-order valence-corrected chi connectivity index (χ3v) is 5.48. The minimum absolute atomic E-state index is 0.0284. The Labute approximate surface area is 150 Å². The molecule has 5 nitrogen and oxygen atoms in total. The van der Waals surface area contributed by atoms with Crippen LogP contribution in [0.5, 0.6) is 0 Å². The number of benzene rings is 1. The van der Waals surface area contributed by atoms with Crippen LogP contribution in [0.1, 0.15) is 49.7 Å². The lowest BCUT2D eigenvalue weighted by molar-refractivity contribution is -0.127. The van der Waals surface area contributed by atoms with E-state index in [1.165, 1.54) is 12.0 Å². The molecule has 2 saturated heterocycles. The predicted molar refractivity (Wildman–Crippen MR) is 98.2 cm³/mol. The van der Waals surface area contributed by atoms with Crippen LogP contribution in [-0.4, -0.2) is 47.4 Å². The van der Waals surface area contributed by atoms with E-state index in [0.717, 1.165) is 50.9 Å². The standard InChI is InChI=1S/C20H29N3O2/c1-16-7-2-3-8-17(16)15-21-20(25)23-13-5-4-9-18(23)11-14-22-12-6-10-19(22)24/h2-3,7-8,18H,4-6,9-15H2,1H3,(H,21,25)/t18-/m0/s1. The van der Waals surface area contributed by atoms with Crippen LogP contribution in [0.25, 0.3) is 0 Å². The van der Waals surface area contributed by atoms with Crippen molar-refractivity contribution in [3.8, 4) is 0 Å². The van der Waals surface area contributed by atoms with Gasteiger partial charge < -0.3 is 15.1 Å². The van der Waals surface area contributed by atoms with Gasteiger partial charge in [0.1, 0.15) is 0 Å². The molecule has 25 heavy (non-hydrogen) atoms. The number of nitrogens with zero attached hydrogens (tertiary/aromatic N) is 2. The van der Waals surface area contributed by atoms with Gasteiger partial charge in [0.15, 0.2) is 0 Å². The highest BCUT2D eigenvalue weighted by Crippen LogP contribution is 2.21. The maximum absolute atomic E-state index is 12.7. The number of piperidine rings is 1. The van der Waals surface area contributed by atoms with Crippen LogP contribution in [0.3, 0.4) is 0 Å². The number of aryl methyl sites for hydroxylation is 1. The number of amides is 3. The Morgan fingerprint density at radius 1 is 1.20 bits per heavy atom. The van der Waals surface area contributed by atoms with Gasteiger partial charge in [-0.1, -0.05) is 24.3 Å². The fraction of sp³-hybridized carbons (Fsp3) is 0.600. The van der Waals surface area contributed by atoms with Crippen molar-refractivity contribution >= 4 is 11.9 Å². The molecule has 3 amide bonds. The van der Waals surface area contributed by atoms with E-state index < -0.39 is 0 Å². The Balaban J connectivity index is 1.53. The Morgan fingerprint density at radius 2 is 2.04 bits per heavy atom. The molecule has 2 fully saturated rings. The van der Waals surface area contributed by atoms with E-state index in [9.17, 15) is 9.59 Å². The van der Waals surface area contributed by atoms with Crippen molar-refractivity contribution in [2.75, 3.05) is 19.6 Å². The van der Waals surface area contributed by atoms with E-state index in [4.69, 9.17) is 0 Å². The van der Waals surface area contributed by atoms with Gasteiger partial charge >= 0.3 is 6.03 Å². The highest BCUT2D eigenvalue weighted by Gasteiger charge is 2.28. The van der Waals surface area contributed by atoms with Gasteiger partial charge in [-0.05, 0) is 50.2 Å². The van der Waals surface area contributed by atoms with E-state index in [2.05, 4.69) is 24.4 Å². The molecule has 0 radical (unpaired) electrons. The molecule has 0 aliphatic carbocycles. The normalized spacial score (nSPS) is 20.8. The maximum Gasteiger partial charge on any atom is 0.317 e. The van der Waals surface area contributed by atoms with Crippen LogP contribution in [0.15, 0.2) is 24.3 Å². The first-order valence-corrected chi connectivity index (χ1v) is 9.52. The Morgan fingerprint density at radius 3 is 2.80 bits per heavy atom. The lowest BCUT2D eigenvalue weighted by atomic mass is 9.99. The third kappa shape index (κ3) is 4.53. The van der Waals surface area contributed by atoms with E-state index >= 15 is 0 Å². The van der Waals surface area contributed by atoms with E-state index in [1.807, 2.05) is 21.9 Å². The molecule has 0 unspecified atom stereocenters. The number of likely N-dealkylation sites (tertiary alicyclic amines) is 2.